The predicted molar refractivity (Wildman–Crippen MR) is 62.6 cm³/mol. The summed E-state index contributed by atoms with van der Waals surface area (Å²) < 4.78 is 10.8. The number of carbonyl (C=O) groups excluding carboxylic acids is 1. The van der Waals surface area contributed by atoms with E-state index in [4.69, 9.17) is 9.47 Å². The van der Waals surface area contributed by atoms with Crippen LogP contribution in [0.2, 0.25) is 0 Å². The lowest BCUT2D eigenvalue weighted by atomic mass is 9.60. The molecule has 1 N–H and O–H groups in total. The summed E-state index contributed by atoms with van der Waals surface area (Å²) in [6, 6.07) is 0.364. The van der Waals surface area contributed by atoms with Crippen LogP contribution in [0.3, 0.4) is 0 Å². The summed E-state index contributed by atoms with van der Waals surface area (Å²) in [6.45, 7) is 2.44. The number of ether oxygens (including phenoxy) is 2. The smallest absolute Gasteiger partial charge is 0.249 e. The molecule has 1 amide bonds. The second kappa shape index (κ2) is 4.58. The van der Waals surface area contributed by atoms with Crippen molar-refractivity contribution in [2.45, 2.75) is 50.7 Å². The van der Waals surface area contributed by atoms with Crippen LogP contribution in [0.25, 0.3) is 0 Å². The van der Waals surface area contributed by atoms with Crippen molar-refractivity contribution in [3.05, 3.63) is 0 Å². The van der Waals surface area contributed by atoms with Crippen molar-refractivity contribution in [2.24, 2.45) is 5.41 Å². The molecule has 0 radical (unpaired) electrons. The van der Waals surface area contributed by atoms with Crippen molar-refractivity contribution in [2.75, 3.05) is 19.8 Å². The number of hydrogen-bond acceptors (Lipinski definition) is 3. The van der Waals surface area contributed by atoms with Gasteiger partial charge >= 0.3 is 0 Å². The Hall–Kier alpha value is -0.610. The first kappa shape index (κ1) is 11.5. The zero-order valence-electron chi connectivity index (χ0n) is 10.2. The molecule has 1 aliphatic carbocycles. The van der Waals surface area contributed by atoms with Crippen LogP contribution >= 0.6 is 0 Å². The predicted octanol–water partition coefficient (Wildman–Crippen LogP) is 1.24. The minimum Gasteiger partial charge on any atom is -0.381 e. The Morgan fingerprint density at radius 2 is 1.94 bits per heavy atom. The van der Waals surface area contributed by atoms with Crippen molar-refractivity contribution in [1.29, 1.82) is 0 Å². The Labute approximate surface area is 102 Å². The summed E-state index contributed by atoms with van der Waals surface area (Å²) in [5.41, 5.74) is 0.340. The summed E-state index contributed by atoms with van der Waals surface area (Å²) in [7, 11) is 0. The maximum absolute atomic E-state index is 12.0. The normalized spacial score (nSPS) is 35.5. The van der Waals surface area contributed by atoms with Gasteiger partial charge in [-0.1, -0.05) is 0 Å². The van der Waals surface area contributed by atoms with E-state index in [2.05, 4.69) is 5.32 Å². The van der Waals surface area contributed by atoms with Crippen molar-refractivity contribution in [3.63, 3.8) is 0 Å². The van der Waals surface area contributed by atoms with E-state index in [9.17, 15) is 4.79 Å². The molecule has 2 heterocycles. The van der Waals surface area contributed by atoms with Gasteiger partial charge in [0.05, 0.1) is 0 Å². The van der Waals surface area contributed by atoms with Gasteiger partial charge in [0.25, 0.3) is 0 Å². The molecule has 17 heavy (non-hydrogen) atoms. The molecule has 2 atom stereocenters. The Morgan fingerprint density at radius 1 is 1.12 bits per heavy atom. The lowest BCUT2D eigenvalue weighted by Gasteiger charge is -2.52. The molecule has 3 aliphatic rings. The van der Waals surface area contributed by atoms with E-state index in [1.807, 2.05) is 0 Å². The average molecular weight is 239 g/mol. The molecule has 2 aliphatic heterocycles. The lowest BCUT2D eigenvalue weighted by Crippen LogP contribution is -2.58. The molecular formula is C13H21NO3. The molecule has 0 bridgehead atoms. The van der Waals surface area contributed by atoms with Gasteiger partial charge in [-0.15, -0.1) is 0 Å². The van der Waals surface area contributed by atoms with Gasteiger partial charge in [0.15, 0.2) is 0 Å². The van der Waals surface area contributed by atoms with Gasteiger partial charge in [-0.25, -0.2) is 0 Å². The van der Waals surface area contributed by atoms with Crippen molar-refractivity contribution in [3.8, 4) is 0 Å². The first-order chi connectivity index (χ1) is 8.30. The fourth-order valence-corrected chi connectivity index (χ4v) is 3.35. The zero-order chi connectivity index (χ0) is 11.7. The van der Waals surface area contributed by atoms with Crippen molar-refractivity contribution in [1.82, 2.24) is 5.32 Å². The highest BCUT2D eigenvalue weighted by Gasteiger charge is 2.48. The quantitative estimate of drug-likeness (QED) is 0.788. The molecule has 4 heteroatoms. The second-order valence-corrected chi connectivity index (χ2v) is 5.58. The first-order valence-corrected chi connectivity index (χ1v) is 6.80. The number of hydrogen-bond donors (Lipinski definition) is 1. The van der Waals surface area contributed by atoms with Crippen LogP contribution in [0.15, 0.2) is 0 Å². The van der Waals surface area contributed by atoms with E-state index in [1.165, 1.54) is 6.42 Å². The van der Waals surface area contributed by atoms with Gasteiger partial charge in [-0.2, -0.15) is 0 Å². The van der Waals surface area contributed by atoms with Crippen LogP contribution < -0.4 is 5.32 Å². The topological polar surface area (TPSA) is 47.6 Å². The van der Waals surface area contributed by atoms with Crippen molar-refractivity contribution < 1.29 is 14.3 Å². The van der Waals surface area contributed by atoms with Crippen molar-refractivity contribution >= 4 is 5.91 Å². The highest BCUT2D eigenvalue weighted by Crippen LogP contribution is 2.48. The maximum atomic E-state index is 12.0. The summed E-state index contributed by atoms with van der Waals surface area (Å²) in [5, 5.41) is 3.20. The zero-order valence-corrected chi connectivity index (χ0v) is 10.2. The fraction of sp³-hybridized carbons (Fsp3) is 0.923. The van der Waals surface area contributed by atoms with Crippen LogP contribution in [-0.4, -0.2) is 37.9 Å². The molecule has 0 aromatic carbocycles. The average Bonchev–Trinajstić information content (AvgIpc) is 2.89. The van der Waals surface area contributed by atoms with Crippen LogP contribution in [-0.2, 0) is 14.3 Å². The third kappa shape index (κ3) is 2.08. The molecule has 3 fully saturated rings. The number of rotatable bonds is 2. The SMILES string of the molecule is O=C(NC1CCC12CCOCC2)C1CCCO1. The van der Waals surface area contributed by atoms with Crippen LogP contribution in [0.1, 0.15) is 38.5 Å². The Bertz CT molecular complexity index is 293. The van der Waals surface area contributed by atoms with E-state index in [1.54, 1.807) is 0 Å². The lowest BCUT2D eigenvalue weighted by molar-refractivity contribution is -0.135. The molecule has 1 saturated carbocycles. The van der Waals surface area contributed by atoms with Crippen LogP contribution in [0.5, 0.6) is 0 Å². The maximum Gasteiger partial charge on any atom is 0.249 e. The number of carbonyl (C=O) groups is 1. The second-order valence-electron chi connectivity index (χ2n) is 5.58. The molecule has 0 aromatic heterocycles. The van der Waals surface area contributed by atoms with E-state index < -0.39 is 0 Å². The Balaban J connectivity index is 1.56. The van der Waals surface area contributed by atoms with Gasteiger partial charge in [-0.3, -0.25) is 4.79 Å². The van der Waals surface area contributed by atoms with Gasteiger partial charge in [-0.05, 0) is 43.9 Å². The summed E-state index contributed by atoms with van der Waals surface area (Å²) in [4.78, 5) is 12.0. The minimum atomic E-state index is -0.188. The van der Waals surface area contributed by atoms with Gasteiger partial charge in [0.2, 0.25) is 5.91 Å². The van der Waals surface area contributed by atoms with Gasteiger partial charge in [0, 0.05) is 25.9 Å². The monoisotopic (exact) mass is 239 g/mol. The Morgan fingerprint density at radius 3 is 2.53 bits per heavy atom. The van der Waals surface area contributed by atoms with E-state index in [0.717, 1.165) is 51.9 Å². The standard InChI is InChI=1S/C13H21NO3/c15-12(10-2-1-7-17-10)14-11-3-4-13(11)5-8-16-9-6-13/h10-11H,1-9H2,(H,14,15). The minimum absolute atomic E-state index is 0.109. The fourth-order valence-electron chi connectivity index (χ4n) is 3.35. The highest BCUT2D eigenvalue weighted by molar-refractivity contribution is 5.81. The van der Waals surface area contributed by atoms with Gasteiger partial charge in [0.1, 0.15) is 6.10 Å². The van der Waals surface area contributed by atoms with Crippen LogP contribution in [0, 0.1) is 5.41 Å². The highest BCUT2D eigenvalue weighted by atomic mass is 16.5. The summed E-state index contributed by atoms with van der Waals surface area (Å²) >= 11 is 0. The molecule has 3 rings (SSSR count). The molecule has 2 saturated heterocycles. The molecule has 1 spiro atoms. The third-order valence-corrected chi connectivity index (χ3v) is 4.70. The molecule has 0 aromatic rings. The summed E-state index contributed by atoms with van der Waals surface area (Å²) in [6.07, 6.45) is 6.28. The van der Waals surface area contributed by atoms with E-state index >= 15 is 0 Å². The van der Waals surface area contributed by atoms with E-state index in [-0.39, 0.29) is 12.0 Å². The van der Waals surface area contributed by atoms with E-state index in [0.29, 0.717) is 11.5 Å². The largest absolute Gasteiger partial charge is 0.381 e. The number of nitrogens with one attached hydrogen (secondary N) is 1. The molecule has 96 valence electrons. The van der Waals surface area contributed by atoms with Gasteiger partial charge < -0.3 is 14.8 Å². The Kier molecular flexibility index (Phi) is 3.09. The molecule has 4 nitrogen and oxygen atoms in total. The number of amides is 1. The molecule has 2 unspecified atom stereocenters. The third-order valence-electron chi connectivity index (χ3n) is 4.70. The summed E-state index contributed by atoms with van der Waals surface area (Å²) in [5.74, 6) is 0.109. The first-order valence-electron chi connectivity index (χ1n) is 6.80. The van der Waals surface area contributed by atoms with Crippen LogP contribution in [0.4, 0.5) is 0 Å². The molecular weight excluding hydrogens is 218 g/mol.